The van der Waals surface area contributed by atoms with E-state index < -0.39 is 0 Å². The van der Waals surface area contributed by atoms with Crippen LogP contribution in [0.1, 0.15) is 0 Å². The molecule has 1 aliphatic rings. The Balaban J connectivity index is 1.90. The summed E-state index contributed by atoms with van der Waals surface area (Å²) in [6.07, 6.45) is 2.62. The lowest BCUT2D eigenvalue weighted by Gasteiger charge is -2.21. The monoisotopic (exact) mass is 440 g/mol. The average Bonchev–Trinajstić information content (AvgIpc) is 2.95. The van der Waals surface area contributed by atoms with Gasteiger partial charge in [-0.3, -0.25) is 9.59 Å². The van der Waals surface area contributed by atoms with E-state index in [2.05, 4.69) is 27.9 Å². The summed E-state index contributed by atoms with van der Waals surface area (Å²) in [4.78, 5) is 25.5. The number of carbonyl (C=O) groups excluding carboxylic acids is 2. The molecule has 0 bridgehead atoms. The fraction of sp³-hybridized carbons (Fsp3) is 0. The lowest BCUT2D eigenvalue weighted by atomic mass is 10.1. The number of benzene rings is 3. The number of amides is 2. The van der Waals surface area contributed by atoms with E-state index in [0.717, 1.165) is 25.7 Å². The molecule has 0 aromatic heterocycles. The quantitative estimate of drug-likeness (QED) is 0.478. The van der Waals surface area contributed by atoms with Gasteiger partial charge in [0.15, 0.2) is 0 Å². The van der Waals surface area contributed by atoms with E-state index in [-0.39, 0.29) is 11.8 Å². The maximum Gasteiger partial charge on any atom is 0.258 e. The highest BCUT2D eigenvalue weighted by Gasteiger charge is 2.29. The first kappa shape index (κ1) is 15.8. The summed E-state index contributed by atoms with van der Waals surface area (Å²) in [5, 5.41) is 5.23. The molecule has 1 heterocycles. The van der Waals surface area contributed by atoms with Crippen molar-refractivity contribution in [1.82, 2.24) is 0 Å². The van der Waals surface area contributed by atoms with Crippen LogP contribution >= 0.6 is 22.6 Å². The summed E-state index contributed by atoms with van der Waals surface area (Å²) in [6.45, 7) is 0. The van der Waals surface area contributed by atoms with Crippen molar-refractivity contribution in [3.05, 3.63) is 76.4 Å². The lowest BCUT2D eigenvalue weighted by Crippen LogP contribution is -2.30. The Kier molecular flexibility index (Phi) is 4.01. The highest BCUT2D eigenvalue weighted by atomic mass is 127. The molecule has 0 saturated carbocycles. The molecule has 0 radical (unpaired) electrons. The number of carbonyl (C=O) groups is 2. The molecule has 5 heteroatoms. The van der Waals surface area contributed by atoms with E-state index >= 15 is 0 Å². The van der Waals surface area contributed by atoms with Crippen molar-refractivity contribution in [1.29, 1.82) is 0 Å². The van der Waals surface area contributed by atoms with Gasteiger partial charge < -0.3 is 5.32 Å². The molecular weight excluding hydrogens is 427 g/mol. The van der Waals surface area contributed by atoms with E-state index in [9.17, 15) is 9.59 Å². The highest BCUT2D eigenvalue weighted by molar-refractivity contribution is 14.1. The maximum atomic E-state index is 12.2. The number of imide groups is 1. The van der Waals surface area contributed by atoms with Crippen LogP contribution in [0.5, 0.6) is 0 Å². The van der Waals surface area contributed by atoms with Gasteiger partial charge in [-0.25, -0.2) is 4.90 Å². The second-order valence-corrected chi connectivity index (χ2v) is 6.80. The fourth-order valence-electron chi connectivity index (χ4n) is 2.95. The molecule has 4 nitrogen and oxygen atoms in total. The van der Waals surface area contributed by atoms with Crippen molar-refractivity contribution in [3.8, 4) is 0 Å². The Morgan fingerprint density at radius 1 is 0.800 bits per heavy atom. The first-order chi connectivity index (χ1) is 12.1. The molecule has 1 aliphatic heterocycles. The molecule has 3 aromatic carbocycles. The zero-order valence-electron chi connectivity index (χ0n) is 13.1. The molecule has 0 saturated heterocycles. The Hall–Kier alpha value is -2.67. The van der Waals surface area contributed by atoms with Gasteiger partial charge in [0, 0.05) is 37.9 Å². The lowest BCUT2D eigenvalue weighted by molar-refractivity contribution is -0.119. The van der Waals surface area contributed by atoms with Crippen molar-refractivity contribution in [2.45, 2.75) is 0 Å². The molecule has 3 aromatic rings. The summed E-state index contributed by atoms with van der Waals surface area (Å²) in [5.41, 5.74) is 2.54. The SMILES string of the molecule is O=C1C=CC(=O)N1c1c(I)cc(Nc2ccccc2)c2ccccc12. The van der Waals surface area contributed by atoms with Crippen LogP contribution in [0, 0.1) is 3.57 Å². The minimum Gasteiger partial charge on any atom is -0.355 e. The molecule has 4 rings (SSSR count). The van der Waals surface area contributed by atoms with Gasteiger partial charge in [-0.15, -0.1) is 0 Å². The first-order valence-corrected chi connectivity index (χ1v) is 8.82. The van der Waals surface area contributed by atoms with Crippen LogP contribution in [0.25, 0.3) is 10.8 Å². The fourth-order valence-corrected chi connectivity index (χ4v) is 3.80. The molecule has 2 amide bonds. The Morgan fingerprint density at radius 3 is 2.08 bits per heavy atom. The molecule has 0 atom stereocenters. The Labute approximate surface area is 158 Å². The molecule has 25 heavy (non-hydrogen) atoms. The van der Waals surface area contributed by atoms with Gasteiger partial charge in [0.2, 0.25) is 0 Å². The molecule has 1 N–H and O–H groups in total. The summed E-state index contributed by atoms with van der Waals surface area (Å²) < 4.78 is 0.833. The van der Waals surface area contributed by atoms with Crippen LogP contribution in [0.2, 0.25) is 0 Å². The molecular formula is C20H13IN2O2. The number of anilines is 3. The van der Waals surface area contributed by atoms with Crippen LogP contribution in [0.15, 0.2) is 72.8 Å². The standard InChI is InChI=1S/C20H13IN2O2/c21-16-12-17(22-13-6-2-1-3-7-13)14-8-4-5-9-15(14)20(16)23-18(24)10-11-19(23)25/h1-12,22H. The number of nitrogens with zero attached hydrogens (tertiary/aromatic N) is 1. The zero-order chi connectivity index (χ0) is 17.4. The van der Waals surface area contributed by atoms with Crippen molar-refractivity contribution < 1.29 is 9.59 Å². The van der Waals surface area contributed by atoms with Gasteiger partial charge in [0.25, 0.3) is 11.8 Å². The third kappa shape index (κ3) is 2.80. The smallest absolute Gasteiger partial charge is 0.258 e. The summed E-state index contributed by atoms with van der Waals surface area (Å²) >= 11 is 2.17. The Morgan fingerprint density at radius 2 is 1.40 bits per heavy atom. The van der Waals surface area contributed by atoms with Crippen LogP contribution < -0.4 is 10.2 Å². The van der Waals surface area contributed by atoms with Gasteiger partial charge >= 0.3 is 0 Å². The summed E-state index contributed by atoms with van der Waals surface area (Å²) in [7, 11) is 0. The molecule has 0 fully saturated rings. The van der Waals surface area contributed by atoms with E-state index in [4.69, 9.17) is 0 Å². The van der Waals surface area contributed by atoms with Crippen LogP contribution in [-0.4, -0.2) is 11.8 Å². The third-order valence-corrected chi connectivity index (χ3v) is 4.88. The van der Waals surface area contributed by atoms with E-state index in [1.165, 1.54) is 17.1 Å². The number of halogens is 1. The minimum absolute atomic E-state index is 0.308. The van der Waals surface area contributed by atoms with Gasteiger partial charge in [-0.05, 0) is 40.8 Å². The summed E-state index contributed by atoms with van der Waals surface area (Å²) in [6, 6.07) is 19.6. The van der Waals surface area contributed by atoms with Crippen molar-refractivity contribution in [3.63, 3.8) is 0 Å². The number of rotatable bonds is 3. The second-order valence-electron chi connectivity index (χ2n) is 5.64. The van der Waals surface area contributed by atoms with Gasteiger partial charge in [0.1, 0.15) is 0 Å². The Bertz CT molecular complexity index is 1010. The number of para-hydroxylation sites is 1. The number of hydrogen-bond donors (Lipinski definition) is 1. The topological polar surface area (TPSA) is 49.4 Å². The van der Waals surface area contributed by atoms with E-state index in [1.54, 1.807) is 0 Å². The molecule has 0 unspecified atom stereocenters. The van der Waals surface area contributed by atoms with Crippen LogP contribution in [-0.2, 0) is 9.59 Å². The maximum absolute atomic E-state index is 12.2. The van der Waals surface area contributed by atoms with E-state index in [0.29, 0.717) is 5.69 Å². The molecule has 0 spiro atoms. The van der Waals surface area contributed by atoms with Crippen LogP contribution in [0.3, 0.4) is 0 Å². The normalized spacial score (nSPS) is 13.7. The van der Waals surface area contributed by atoms with Crippen LogP contribution in [0.4, 0.5) is 17.1 Å². The van der Waals surface area contributed by atoms with Gasteiger partial charge in [-0.2, -0.15) is 0 Å². The van der Waals surface area contributed by atoms with Gasteiger partial charge in [-0.1, -0.05) is 42.5 Å². The number of hydrogen-bond acceptors (Lipinski definition) is 3. The van der Waals surface area contributed by atoms with Gasteiger partial charge in [0.05, 0.1) is 5.69 Å². The average molecular weight is 440 g/mol. The molecule has 122 valence electrons. The predicted octanol–water partition coefficient (Wildman–Crippen LogP) is 4.62. The van der Waals surface area contributed by atoms with Crippen molar-refractivity contribution in [2.75, 3.05) is 10.2 Å². The predicted molar refractivity (Wildman–Crippen MR) is 108 cm³/mol. The van der Waals surface area contributed by atoms with Crippen molar-refractivity contribution >= 4 is 62.2 Å². The summed E-state index contributed by atoms with van der Waals surface area (Å²) in [5.74, 6) is -0.617. The number of nitrogens with one attached hydrogen (secondary N) is 1. The minimum atomic E-state index is -0.308. The number of fused-ring (bicyclic) bond motifs is 1. The highest BCUT2D eigenvalue weighted by Crippen LogP contribution is 2.39. The second kappa shape index (κ2) is 6.33. The third-order valence-electron chi connectivity index (χ3n) is 4.06. The van der Waals surface area contributed by atoms with Crippen molar-refractivity contribution in [2.24, 2.45) is 0 Å². The first-order valence-electron chi connectivity index (χ1n) is 7.74. The zero-order valence-corrected chi connectivity index (χ0v) is 15.2. The molecule has 0 aliphatic carbocycles. The largest absolute Gasteiger partial charge is 0.355 e. The van der Waals surface area contributed by atoms with E-state index in [1.807, 2.05) is 60.7 Å².